The molecule has 2 rings (SSSR count). The van der Waals surface area contributed by atoms with Crippen molar-refractivity contribution in [2.24, 2.45) is 0 Å². The first-order chi connectivity index (χ1) is 6.75. The van der Waals surface area contributed by atoms with Gasteiger partial charge in [-0.05, 0) is 25.5 Å². The van der Waals surface area contributed by atoms with Gasteiger partial charge in [0.15, 0.2) is 0 Å². The summed E-state index contributed by atoms with van der Waals surface area (Å²) in [5.41, 5.74) is 2.27. The molecule has 0 saturated heterocycles. The van der Waals surface area contributed by atoms with Gasteiger partial charge in [-0.1, -0.05) is 26.0 Å². The summed E-state index contributed by atoms with van der Waals surface area (Å²) < 4.78 is 0. The number of benzene rings is 1. The van der Waals surface area contributed by atoms with Crippen molar-refractivity contribution < 1.29 is 0 Å². The van der Waals surface area contributed by atoms with E-state index in [-0.39, 0.29) is 0 Å². The largest absolute Gasteiger partial charge is 0.241 e. The summed E-state index contributed by atoms with van der Waals surface area (Å²) in [6.45, 7) is 7.97. The van der Waals surface area contributed by atoms with Gasteiger partial charge in [-0.3, -0.25) is 0 Å². The molecule has 1 heterocycles. The molecule has 0 aliphatic heterocycles. The van der Waals surface area contributed by atoms with Crippen LogP contribution in [0.1, 0.15) is 25.2 Å². The zero-order valence-corrected chi connectivity index (χ0v) is 9.20. The lowest BCUT2D eigenvalue weighted by molar-refractivity contribution is 1.09. The summed E-state index contributed by atoms with van der Waals surface area (Å²) in [6, 6.07) is 6.19. The average molecular weight is 188 g/mol. The summed E-state index contributed by atoms with van der Waals surface area (Å²) in [6.07, 6.45) is 1.86. The van der Waals surface area contributed by atoms with E-state index in [1.165, 1.54) is 5.56 Å². The van der Waals surface area contributed by atoms with Crippen molar-refractivity contribution in [3.63, 3.8) is 0 Å². The lowest BCUT2D eigenvalue weighted by atomic mass is 10.2. The molecule has 2 heteroatoms. The minimum Gasteiger partial charge on any atom is -0.241 e. The van der Waals surface area contributed by atoms with Gasteiger partial charge in [0.1, 0.15) is 5.82 Å². The molecule has 0 N–H and O–H groups in total. The normalized spacial score (nSPS) is 9.43. The molecule has 0 unspecified atom stereocenters. The van der Waals surface area contributed by atoms with Crippen LogP contribution in [-0.4, -0.2) is 9.97 Å². The van der Waals surface area contributed by atoms with Gasteiger partial charge in [0.05, 0.1) is 5.52 Å². The molecule has 0 amide bonds. The molecule has 14 heavy (non-hydrogen) atoms. The molecule has 0 bridgehead atoms. The third-order valence-corrected chi connectivity index (χ3v) is 1.86. The van der Waals surface area contributed by atoms with Crippen molar-refractivity contribution in [1.82, 2.24) is 9.97 Å². The highest BCUT2D eigenvalue weighted by atomic mass is 14.9. The van der Waals surface area contributed by atoms with Gasteiger partial charge in [0.2, 0.25) is 0 Å². The molecule has 2 nitrogen and oxygen atoms in total. The van der Waals surface area contributed by atoms with Crippen LogP contribution in [0, 0.1) is 13.8 Å². The van der Waals surface area contributed by atoms with E-state index < -0.39 is 0 Å². The minimum atomic E-state index is 0.827. The number of fused-ring (bicyclic) bond motifs is 1. The van der Waals surface area contributed by atoms with E-state index in [9.17, 15) is 0 Å². The maximum atomic E-state index is 4.33. The first-order valence-electron chi connectivity index (χ1n) is 4.96. The van der Waals surface area contributed by atoms with E-state index in [1.807, 2.05) is 33.0 Å². The molecule has 74 valence electrons. The number of nitrogens with zero attached hydrogens (tertiary/aromatic N) is 2. The van der Waals surface area contributed by atoms with E-state index in [0.29, 0.717) is 0 Å². The number of aryl methyl sites for hydroxylation is 2. The molecule has 0 aliphatic rings. The zero-order valence-electron chi connectivity index (χ0n) is 9.20. The summed E-state index contributed by atoms with van der Waals surface area (Å²) in [4.78, 5) is 8.45. The number of rotatable bonds is 0. The molecule has 0 radical (unpaired) electrons. The van der Waals surface area contributed by atoms with Crippen LogP contribution in [0.4, 0.5) is 0 Å². The molecule has 0 spiro atoms. The first kappa shape index (κ1) is 10.6. The lowest BCUT2D eigenvalue weighted by Gasteiger charge is -1.98. The van der Waals surface area contributed by atoms with Gasteiger partial charge in [-0.2, -0.15) is 0 Å². The second-order valence-corrected chi connectivity index (χ2v) is 2.98. The van der Waals surface area contributed by atoms with Gasteiger partial charge in [-0.25, -0.2) is 9.97 Å². The van der Waals surface area contributed by atoms with E-state index in [0.717, 1.165) is 16.7 Å². The summed E-state index contributed by atoms with van der Waals surface area (Å²) in [5, 5.41) is 1.10. The fraction of sp³-hybridized carbons (Fsp3) is 0.333. The van der Waals surface area contributed by atoms with Crippen LogP contribution in [0.3, 0.4) is 0 Å². The molecule has 0 fully saturated rings. The van der Waals surface area contributed by atoms with Crippen molar-refractivity contribution in [1.29, 1.82) is 0 Å². The molecular formula is C12H16N2. The first-order valence-corrected chi connectivity index (χ1v) is 4.96. The van der Waals surface area contributed by atoms with E-state index in [4.69, 9.17) is 0 Å². The Morgan fingerprint density at radius 3 is 2.50 bits per heavy atom. The predicted octanol–water partition coefficient (Wildman–Crippen LogP) is 3.27. The molecule has 1 aromatic carbocycles. The Hall–Kier alpha value is -1.44. The summed E-state index contributed by atoms with van der Waals surface area (Å²) in [7, 11) is 0. The van der Waals surface area contributed by atoms with Crippen LogP contribution in [-0.2, 0) is 0 Å². The van der Waals surface area contributed by atoms with Gasteiger partial charge in [0.25, 0.3) is 0 Å². The Kier molecular flexibility index (Phi) is 3.57. The van der Waals surface area contributed by atoms with E-state index >= 15 is 0 Å². The molecule has 0 atom stereocenters. The average Bonchev–Trinajstić information content (AvgIpc) is 2.20. The van der Waals surface area contributed by atoms with Crippen LogP contribution >= 0.6 is 0 Å². The van der Waals surface area contributed by atoms with Crippen LogP contribution in [0.5, 0.6) is 0 Å². The Bertz CT molecular complexity index is 385. The fourth-order valence-electron chi connectivity index (χ4n) is 1.23. The van der Waals surface area contributed by atoms with Gasteiger partial charge >= 0.3 is 0 Å². The van der Waals surface area contributed by atoms with Gasteiger partial charge < -0.3 is 0 Å². The quantitative estimate of drug-likeness (QED) is 0.634. The fourth-order valence-corrected chi connectivity index (χ4v) is 1.23. The van der Waals surface area contributed by atoms with Crippen LogP contribution in [0.25, 0.3) is 10.9 Å². The van der Waals surface area contributed by atoms with Crippen molar-refractivity contribution in [3.8, 4) is 0 Å². The SMILES string of the molecule is CC.Cc1ccc2cnc(C)nc2c1. The van der Waals surface area contributed by atoms with Crippen molar-refractivity contribution in [2.45, 2.75) is 27.7 Å². The van der Waals surface area contributed by atoms with E-state index in [2.05, 4.69) is 29.0 Å². The van der Waals surface area contributed by atoms with Crippen LogP contribution < -0.4 is 0 Å². The molecule has 0 aliphatic carbocycles. The standard InChI is InChI=1S/C10H10N2.C2H6/c1-7-3-4-9-6-11-8(2)12-10(9)5-7;1-2/h3-6H,1-2H3;1-2H3. The topological polar surface area (TPSA) is 25.8 Å². The lowest BCUT2D eigenvalue weighted by Crippen LogP contribution is -1.87. The highest BCUT2D eigenvalue weighted by molar-refractivity contribution is 5.78. The van der Waals surface area contributed by atoms with Gasteiger partial charge in [-0.15, -0.1) is 0 Å². The van der Waals surface area contributed by atoms with Crippen molar-refractivity contribution >= 4 is 10.9 Å². The second kappa shape index (κ2) is 4.70. The monoisotopic (exact) mass is 188 g/mol. The minimum absolute atomic E-state index is 0.827. The predicted molar refractivity (Wildman–Crippen MR) is 60.4 cm³/mol. The Morgan fingerprint density at radius 1 is 1.07 bits per heavy atom. The molecule has 1 aromatic heterocycles. The highest BCUT2D eigenvalue weighted by Crippen LogP contribution is 2.11. The third kappa shape index (κ3) is 2.28. The molecular weight excluding hydrogens is 172 g/mol. The zero-order chi connectivity index (χ0) is 10.6. The maximum absolute atomic E-state index is 4.33. The van der Waals surface area contributed by atoms with Crippen molar-refractivity contribution in [3.05, 3.63) is 35.8 Å². The summed E-state index contributed by atoms with van der Waals surface area (Å²) in [5.74, 6) is 0.827. The number of hydrogen-bond acceptors (Lipinski definition) is 2. The second-order valence-electron chi connectivity index (χ2n) is 2.98. The smallest absolute Gasteiger partial charge is 0.125 e. The third-order valence-electron chi connectivity index (χ3n) is 1.86. The summed E-state index contributed by atoms with van der Waals surface area (Å²) >= 11 is 0. The Labute approximate surface area is 85.0 Å². The Balaban J connectivity index is 0.000000461. The number of hydrogen-bond donors (Lipinski definition) is 0. The van der Waals surface area contributed by atoms with Crippen molar-refractivity contribution in [2.75, 3.05) is 0 Å². The molecule has 0 saturated carbocycles. The maximum Gasteiger partial charge on any atom is 0.125 e. The van der Waals surface area contributed by atoms with Crippen LogP contribution in [0.15, 0.2) is 24.4 Å². The Morgan fingerprint density at radius 2 is 1.79 bits per heavy atom. The van der Waals surface area contributed by atoms with Crippen LogP contribution in [0.2, 0.25) is 0 Å². The van der Waals surface area contributed by atoms with Gasteiger partial charge in [0, 0.05) is 11.6 Å². The number of aromatic nitrogens is 2. The highest BCUT2D eigenvalue weighted by Gasteiger charge is 1.95. The molecule has 2 aromatic rings. The van der Waals surface area contributed by atoms with E-state index in [1.54, 1.807) is 0 Å².